The number of carbonyl (C=O) groups excluding carboxylic acids is 2. The monoisotopic (exact) mass is 654 g/mol. The summed E-state index contributed by atoms with van der Waals surface area (Å²) >= 11 is 0. The largest absolute Gasteiger partial charge is 1.00 e. The first-order chi connectivity index (χ1) is 19.6. The molecule has 0 fully saturated rings. The van der Waals surface area contributed by atoms with Crippen LogP contribution in [0.2, 0.25) is 0 Å². The fourth-order valence-electron chi connectivity index (χ4n) is 4.71. The zero-order valence-corrected chi connectivity index (χ0v) is 29.4. The van der Waals surface area contributed by atoms with Gasteiger partial charge in [0.25, 0.3) is 0 Å². The van der Waals surface area contributed by atoms with Crippen molar-refractivity contribution in [3.63, 3.8) is 0 Å². The molecule has 0 aliphatic heterocycles. The first-order valence-corrected chi connectivity index (χ1v) is 14.9. The summed E-state index contributed by atoms with van der Waals surface area (Å²) in [5.74, 6) is -3.30. The predicted octanol–water partition coefficient (Wildman–Crippen LogP) is -2.21. The fraction of sp³-hybridized carbons (Fsp3) is 0.0714. The van der Waals surface area contributed by atoms with Crippen LogP contribution in [0.4, 0.5) is 22.7 Å². The van der Waals surface area contributed by atoms with Gasteiger partial charge in [-0.25, -0.2) is 16.8 Å². The van der Waals surface area contributed by atoms with Gasteiger partial charge in [0.1, 0.15) is 20.2 Å². The molecule has 0 atom stereocenters. The number of aryl methyl sites for hydroxylation is 2. The number of nitrogens with one attached hydrogen (secondary N) is 2. The standard InChI is InChI=1S/C28H22N2O10S2.2Na/c1-13-3-6-16(21(11-13)41(35,36)37)29-18-8-9-19(30-17-7-4-14(2)12-22(17)42(38,39)40)25-24(18)26(32)15-5-10-20(31)27(33)23(15)28(25)34;;/h3-12,29-31,33H,1-2H3,(H,35,36,37)(H,38,39,40);;/q;2*+1/p-2. The third-order valence-electron chi connectivity index (χ3n) is 6.64. The Balaban J connectivity index is 0.00000264. The number of benzene rings is 4. The quantitative estimate of drug-likeness (QED) is 0.0872. The van der Waals surface area contributed by atoms with Gasteiger partial charge in [-0.3, -0.25) is 9.59 Å². The summed E-state index contributed by atoms with van der Waals surface area (Å²) in [5.41, 5.74) is -1.19. The van der Waals surface area contributed by atoms with Crippen LogP contribution in [0, 0.1) is 13.8 Å². The minimum atomic E-state index is -4.99. The molecule has 16 heteroatoms. The van der Waals surface area contributed by atoms with Crippen molar-refractivity contribution in [2.24, 2.45) is 0 Å². The summed E-state index contributed by atoms with van der Waals surface area (Å²) in [6, 6.07) is 12.6. The van der Waals surface area contributed by atoms with Gasteiger partial charge in [0, 0.05) is 5.56 Å². The summed E-state index contributed by atoms with van der Waals surface area (Å²) in [4.78, 5) is 26.4. The smallest absolute Gasteiger partial charge is 0.744 e. The molecule has 0 saturated carbocycles. The Hall–Kier alpha value is -2.76. The molecule has 0 saturated heterocycles. The number of fused-ring (bicyclic) bond motifs is 2. The predicted molar refractivity (Wildman–Crippen MR) is 148 cm³/mol. The number of hydrogen-bond donors (Lipinski definition) is 4. The Morgan fingerprint density at radius 3 is 1.43 bits per heavy atom. The van der Waals surface area contributed by atoms with Crippen LogP contribution in [0.1, 0.15) is 43.0 Å². The maximum atomic E-state index is 13.8. The summed E-state index contributed by atoms with van der Waals surface area (Å²) < 4.78 is 71.9. The van der Waals surface area contributed by atoms with Gasteiger partial charge >= 0.3 is 59.1 Å². The Morgan fingerprint density at radius 2 is 1.00 bits per heavy atom. The number of carbonyl (C=O) groups is 2. The molecule has 0 bridgehead atoms. The van der Waals surface area contributed by atoms with Crippen LogP contribution in [0.3, 0.4) is 0 Å². The topological polar surface area (TPSA) is 213 Å². The molecule has 0 heterocycles. The number of phenols is 2. The molecule has 5 rings (SSSR count). The molecule has 44 heavy (non-hydrogen) atoms. The number of ketones is 2. The second kappa shape index (κ2) is 12.9. The Kier molecular flexibility index (Phi) is 10.5. The normalized spacial score (nSPS) is 12.4. The number of phenolic OH excluding ortho intramolecular Hbond substituents is 2. The maximum absolute atomic E-state index is 13.8. The zero-order chi connectivity index (χ0) is 30.7. The summed E-state index contributed by atoms with van der Waals surface area (Å²) in [6.07, 6.45) is 0. The number of rotatable bonds is 6. The molecule has 0 radical (unpaired) electrons. The van der Waals surface area contributed by atoms with Crippen molar-refractivity contribution in [2.45, 2.75) is 23.6 Å². The van der Waals surface area contributed by atoms with Crippen LogP contribution in [-0.4, -0.2) is 47.7 Å². The zero-order valence-electron chi connectivity index (χ0n) is 23.8. The van der Waals surface area contributed by atoms with Crippen LogP contribution in [0.25, 0.3) is 0 Å². The molecular weight excluding hydrogens is 634 g/mol. The van der Waals surface area contributed by atoms with Crippen LogP contribution < -0.4 is 69.7 Å². The molecule has 0 spiro atoms. The van der Waals surface area contributed by atoms with E-state index in [0.29, 0.717) is 11.1 Å². The molecule has 216 valence electrons. The van der Waals surface area contributed by atoms with Crippen molar-refractivity contribution >= 4 is 54.6 Å². The van der Waals surface area contributed by atoms with Crippen molar-refractivity contribution in [3.05, 3.63) is 94.0 Å². The Morgan fingerprint density at radius 1 is 0.591 bits per heavy atom. The van der Waals surface area contributed by atoms with Gasteiger partial charge in [-0.2, -0.15) is 0 Å². The van der Waals surface area contributed by atoms with E-state index < -0.39 is 58.7 Å². The first-order valence-electron chi connectivity index (χ1n) is 12.1. The molecule has 4 aromatic carbocycles. The van der Waals surface area contributed by atoms with Crippen molar-refractivity contribution in [2.75, 3.05) is 10.6 Å². The molecule has 12 nitrogen and oxygen atoms in total. The van der Waals surface area contributed by atoms with E-state index >= 15 is 0 Å². The molecular formula is C28H20N2Na2O10S2. The van der Waals surface area contributed by atoms with Crippen molar-refractivity contribution in [3.8, 4) is 11.5 Å². The first kappa shape index (κ1) is 35.7. The average molecular weight is 655 g/mol. The van der Waals surface area contributed by atoms with E-state index in [1.54, 1.807) is 13.8 Å². The molecule has 0 unspecified atom stereocenters. The minimum Gasteiger partial charge on any atom is -0.744 e. The van der Waals surface area contributed by atoms with Crippen LogP contribution in [0.15, 0.2) is 70.5 Å². The average Bonchev–Trinajstić information content (AvgIpc) is 2.90. The van der Waals surface area contributed by atoms with Gasteiger partial charge in [-0.1, -0.05) is 12.1 Å². The minimum absolute atomic E-state index is 0. The van der Waals surface area contributed by atoms with E-state index in [0.717, 1.165) is 24.3 Å². The van der Waals surface area contributed by atoms with E-state index in [1.165, 1.54) is 36.4 Å². The second-order valence-corrected chi connectivity index (χ2v) is 12.3. The van der Waals surface area contributed by atoms with E-state index in [2.05, 4.69) is 10.6 Å². The van der Waals surface area contributed by atoms with Crippen LogP contribution >= 0.6 is 0 Å². The van der Waals surface area contributed by atoms with Crippen LogP contribution in [0.5, 0.6) is 11.5 Å². The molecule has 0 aromatic heterocycles. The van der Waals surface area contributed by atoms with Crippen LogP contribution in [-0.2, 0) is 20.2 Å². The van der Waals surface area contributed by atoms with Gasteiger partial charge in [-0.15, -0.1) is 0 Å². The van der Waals surface area contributed by atoms with Gasteiger partial charge in [0.15, 0.2) is 17.3 Å². The summed E-state index contributed by atoms with van der Waals surface area (Å²) in [6.45, 7) is 3.14. The summed E-state index contributed by atoms with van der Waals surface area (Å²) in [5, 5.41) is 26.0. The Bertz CT molecular complexity index is 2080. The maximum Gasteiger partial charge on any atom is 1.00 e. The van der Waals surface area contributed by atoms with Crippen molar-refractivity contribution in [1.82, 2.24) is 0 Å². The molecule has 1 aliphatic carbocycles. The fourth-order valence-corrected chi connectivity index (χ4v) is 6.15. The van der Waals surface area contributed by atoms with Crippen molar-refractivity contribution < 1.29 is 105 Å². The SMILES string of the molecule is Cc1ccc(Nc2ccc(Nc3ccc(C)cc3S(=O)(=O)[O-])c3c2C(=O)c2ccc(O)c(O)c2C3=O)c(S(=O)(=O)[O-])c1.[Na+].[Na+]. The third-order valence-corrected chi connectivity index (χ3v) is 8.39. The van der Waals surface area contributed by atoms with Gasteiger partial charge in [0.05, 0.1) is 49.2 Å². The van der Waals surface area contributed by atoms with E-state index in [9.17, 15) is 45.7 Å². The van der Waals surface area contributed by atoms with E-state index in [-0.39, 0.29) is 98.6 Å². The van der Waals surface area contributed by atoms with Gasteiger partial charge < -0.3 is 30.0 Å². The number of anilines is 4. The summed E-state index contributed by atoms with van der Waals surface area (Å²) in [7, 11) is -9.97. The van der Waals surface area contributed by atoms with E-state index in [4.69, 9.17) is 0 Å². The molecule has 4 N–H and O–H groups in total. The number of aromatic hydroxyl groups is 2. The Labute approximate surface area is 296 Å². The molecule has 0 amide bonds. The van der Waals surface area contributed by atoms with Crippen molar-refractivity contribution in [1.29, 1.82) is 0 Å². The van der Waals surface area contributed by atoms with Gasteiger partial charge in [-0.05, 0) is 73.5 Å². The third kappa shape index (κ3) is 6.60. The molecule has 4 aromatic rings. The number of hydrogen-bond acceptors (Lipinski definition) is 12. The van der Waals surface area contributed by atoms with E-state index in [1.807, 2.05) is 0 Å². The van der Waals surface area contributed by atoms with Gasteiger partial charge in [0.2, 0.25) is 5.78 Å². The molecule has 1 aliphatic rings. The second-order valence-electron chi connectivity index (χ2n) is 9.58.